The van der Waals surface area contributed by atoms with Gasteiger partial charge in [-0.05, 0) is 43.5 Å². The van der Waals surface area contributed by atoms with Gasteiger partial charge in [-0.25, -0.2) is 0 Å². The van der Waals surface area contributed by atoms with Gasteiger partial charge in [-0.15, -0.1) is 0 Å². The van der Waals surface area contributed by atoms with Crippen LogP contribution in [0.15, 0.2) is 18.2 Å². The molecule has 136 valence electrons. The summed E-state index contributed by atoms with van der Waals surface area (Å²) < 4.78 is 16.5. The predicted octanol–water partition coefficient (Wildman–Crippen LogP) is 3.02. The maximum Gasteiger partial charge on any atom is 0.220 e. The number of aryl methyl sites for hydroxylation is 2. The average Bonchev–Trinajstić information content (AvgIpc) is 2.53. The monoisotopic (exact) mass is 337 g/mol. The Bertz CT molecular complexity index is 456. The molecule has 0 aliphatic carbocycles. The van der Waals surface area contributed by atoms with E-state index in [1.54, 1.807) is 0 Å². The van der Waals surface area contributed by atoms with E-state index in [4.69, 9.17) is 14.2 Å². The first-order valence-corrected chi connectivity index (χ1v) is 8.75. The van der Waals surface area contributed by atoms with Crippen molar-refractivity contribution in [2.45, 2.75) is 40.0 Å². The number of hydrogen-bond donors (Lipinski definition) is 1. The molecule has 0 atom stereocenters. The smallest absolute Gasteiger partial charge is 0.220 e. The summed E-state index contributed by atoms with van der Waals surface area (Å²) in [5, 5.41) is 2.83. The lowest BCUT2D eigenvalue weighted by molar-refractivity contribution is -0.121. The Balaban J connectivity index is 1.91. The molecule has 24 heavy (non-hydrogen) atoms. The number of ether oxygens (including phenoxy) is 3. The third-order valence-corrected chi connectivity index (χ3v) is 3.39. The van der Waals surface area contributed by atoms with Gasteiger partial charge in [-0.1, -0.05) is 19.4 Å². The van der Waals surface area contributed by atoms with Crippen LogP contribution < -0.4 is 10.1 Å². The highest BCUT2D eigenvalue weighted by Gasteiger charge is 1.99. The van der Waals surface area contributed by atoms with Crippen molar-refractivity contribution >= 4 is 5.91 Å². The van der Waals surface area contributed by atoms with Gasteiger partial charge in [0.15, 0.2) is 0 Å². The van der Waals surface area contributed by atoms with Crippen LogP contribution in [-0.4, -0.2) is 45.5 Å². The van der Waals surface area contributed by atoms with Crippen LogP contribution in [0.2, 0.25) is 0 Å². The Kier molecular flexibility index (Phi) is 10.9. The quantitative estimate of drug-likeness (QED) is 0.562. The second-order valence-electron chi connectivity index (χ2n) is 5.85. The van der Waals surface area contributed by atoms with E-state index in [-0.39, 0.29) is 5.91 Å². The number of carbonyl (C=O) groups is 1. The number of rotatable bonds is 13. The molecule has 5 nitrogen and oxygen atoms in total. The summed E-state index contributed by atoms with van der Waals surface area (Å²) in [6.07, 6.45) is 2.57. The second-order valence-corrected chi connectivity index (χ2v) is 5.85. The molecule has 0 saturated heterocycles. The van der Waals surface area contributed by atoms with Crippen molar-refractivity contribution in [1.29, 1.82) is 0 Å². The third kappa shape index (κ3) is 10.2. The van der Waals surface area contributed by atoms with E-state index < -0.39 is 0 Å². The summed E-state index contributed by atoms with van der Waals surface area (Å²) in [4.78, 5) is 11.4. The first-order chi connectivity index (χ1) is 11.6. The summed E-state index contributed by atoms with van der Waals surface area (Å²) in [6, 6.07) is 6.16. The van der Waals surface area contributed by atoms with Crippen LogP contribution in [0, 0.1) is 13.8 Å². The highest BCUT2D eigenvalue weighted by molar-refractivity contribution is 5.75. The van der Waals surface area contributed by atoms with Gasteiger partial charge >= 0.3 is 0 Å². The van der Waals surface area contributed by atoms with Crippen LogP contribution in [0.25, 0.3) is 0 Å². The van der Waals surface area contributed by atoms with Crippen molar-refractivity contribution in [1.82, 2.24) is 5.32 Å². The lowest BCUT2D eigenvalue weighted by Gasteiger charge is -2.09. The standard InChI is InChI=1S/C19H31NO4/c1-4-5-6-19(21)20-7-8-22-9-10-23-11-12-24-18-14-16(2)13-17(3)15-18/h13-15H,4-12H2,1-3H3,(H,20,21). The second kappa shape index (κ2) is 12.8. The predicted molar refractivity (Wildman–Crippen MR) is 95.6 cm³/mol. The number of carbonyl (C=O) groups excluding carboxylic acids is 1. The molecule has 1 N–H and O–H groups in total. The molecule has 5 heteroatoms. The highest BCUT2D eigenvalue weighted by atomic mass is 16.5. The summed E-state index contributed by atoms with van der Waals surface area (Å²) in [5.41, 5.74) is 2.39. The van der Waals surface area contributed by atoms with Crippen LogP contribution in [0.3, 0.4) is 0 Å². The zero-order chi connectivity index (χ0) is 17.6. The fraction of sp³-hybridized carbons (Fsp3) is 0.632. The molecular weight excluding hydrogens is 306 g/mol. The van der Waals surface area contributed by atoms with Gasteiger partial charge in [0.25, 0.3) is 0 Å². The zero-order valence-electron chi connectivity index (χ0n) is 15.2. The molecule has 0 aliphatic heterocycles. The molecule has 0 saturated carbocycles. The third-order valence-electron chi connectivity index (χ3n) is 3.39. The first-order valence-electron chi connectivity index (χ1n) is 8.75. The van der Waals surface area contributed by atoms with E-state index in [0.717, 1.165) is 18.6 Å². The van der Waals surface area contributed by atoms with Crippen LogP contribution in [0.4, 0.5) is 0 Å². The molecule has 0 aliphatic rings. The number of hydrogen-bond acceptors (Lipinski definition) is 4. The largest absolute Gasteiger partial charge is 0.491 e. The SMILES string of the molecule is CCCCC(=O)NCCOCCOCCOc1cc(C)cc(C)c1. The van der Waals surface area contributed by atoms with E-state index in [9.17, 15) is 4.79 Å². The molecule has 0 bridgehead atoms. The Labute approximate surface area is 145 Å². The van der Waals surface area contributed by atoms with Gasteiger partial charge < -0.3 is 19.5 Å². The van der Waals surface area contributed by atoms with Gasteiger partial charge in [-0.2, -0.15) is 0 Å². The van der Waals surface area contributed by atoms with E-state index in [0.29, 0.717) is 46.0 Å². The lowest BCUT2D eigenvalue weighted by atomic mass is 10.1. The zero-order valence-corrected chi connectivity index (χ0v) is 15.2. The van der Waals surface area contributed by atoms with Gasteiger partial charge in [0.1, 0.15) is 12.4 Å². The molecule has 0 aromatic heterocycles. The lowest BCUT2D eigenvalue weighted by Crippen LogP contribution is -2.27. The van der Waals surface area contributed by atoms with Crippen molar-refractivity contribution in [2.24, 2.45) is 0 Å². The highest BCUT2D eigenvalue weighted by Crippen LogP contribution is 2.15. The summed E-state index contributed by atoms with van der Waals surface area (Å²) >= 11 is 0. The van der Waals surface area contributed by atoms with Gasteiger partial charge in [0.2, 0.25) is 5.91 Å². The minimum Gasteiger partial charge on any atom is -0.491 e. The van der Waals surface area contributed by atoms with E-state index >= 15 is 0 Å². The number of benzene rings is 1. The number of unbranched alkanes of at least 4 members (excludes halogenated alkanes) is 1. The summed E-state index contributed by atoms with van der Waals surface area (Å²) in [7, 11) is 0. The Hall–Kier alpha value is -1.59. The molecule has 1 aromatic carbocycles. The Morgan fingerprint density at radius 1 is 0.958 bits per heavy atom. The van der Waals surface area contributed by atoms with E-state index in [2.05, 4.69) is 32.2 Å². The summed E-state index contributed by atoms with van der Waals surface area (Å²) in [6.45, 7) is 9.36. The maximum atomic E-state index is 11.4. The minimum absolute atomic E-state index is 0.0974. The van der Waals surface area contributed by atoms with Crippen LogP contribution in [0.1, 0.15) is 37.3 Å². The maximum absolute atomic E-state index is 11.4. The van der Waals surface area contributed by atoms with Crippen molar-refractivity contribution in [3.8, 4) is 5.75 Å². The van der Waals surface area contributed by atoms with Gasteiger partial charge in [0, 0.05) is 13.0 Å². The van der Waals surface area contributed by atoms with Crippen LogP contribution in [0.5, 0.6) is 5.75 Å². The molecule has 1 aromatic rings. The molecular formula is C19H31NO4. The fourth-order valence-corrected chi connectivity index (χ4v) is 2.24. The topological polar surface area (TPSA) is 56.8 Å². The molecule has 0 fully saturated rings. The van der Waals surface area contributed by atoms with E-state index in [1.807, 2.05) is 12.1 Å². The molecule has 1 amide bonds. The van der Waals surface area contributed by atoms with E-state index in [1.165, 1.54) is 11.1 Å². The molecule has 1 rings (SSSR count). The van der Waals surface area contributed by atoms with Gasteiger partial charge in [0.05, 0.1) is 26.4 Å². The normalized spacial score (nSPS) is 10.6. The fourth-order valence-electron chi connectivity index (χ4n) is 2.24. The number of amides is 1. The van der Waals surface area contributed by atoms with Crippen molar-refractivity contribution in [3.63, 3.8) is 0 Å². The van der Waals surface area contributed by atoms with Gasteiger partial charge in [-0.3, -0.25) is 4.79 Å². The Morgan fingerprint density at radius 2 is 1.58 bits per heavy atom. The molecule has 0 heterocycles. The summed E-state index contributed by atoms with van der Waals surface area (Å²) in [5.74, 6) is 0.978. The van der Waals surface area contributed by atoms with Crippen molar-refractivity contribution < 1.29 is 19.0 Å². The number of nitrogens with one attached hydrogen (secondary N) is 1. The van der Waals surface area contributed by atoms with Crippen molar-refractivity contribution in [3.05, 3.63) is 29.3 Å². The Morgan fingerprint density at radius 3 is 2.25 bits per heavy atom. The average molecular weight is 337 g/mol. The molecule has 0 radical (unpaired) electrons. The molecule has 0 spiro atoms. The van der Waals surface area contributed by atoms with Crippen LogP contribution in [-0.2, 0) is 14.3 Å². The molecule has 0 unspecified atom stereocenters. The van der Waals surface area contributed by atoms with Crippen LogP contribution >= 0.6 is 0 Å². The van der Waals surface area contributed by atoms with Crippen molar-refractivity contribution in [2.75, 3.05) is 39.6 Å². The minimum atomic E-state index is 0.0974. The first kappa shape index (κ1) is 20.5.